The molecular weight excluding hydrogens is 262 g/mol. The summed E-state index contributed by atoms with van der Waals surface area (Å²) in [6.45, 7) is 2.04. The van der Waals surface area contributed by atoms with Crippen LogP contribution in [0.25, 0.3) is 0 Å². The molecule has 0 bridgehead atoms. The third-order valence-corrected chi connectivity index (χ3v) is 3.97. The van der Waals surface area contributed by atoms with E-state index in [1.807, 2.05) is 30.5 Å². The van der Waals surface area contributed by atoms with Crippen molar-refractivity contribution in [1.82, 2.24) is 5.32 Å². The van der Waals surface area contributed by atoms with E-state index in [-0.39, 0.29) is 18.1 Å². The number of ether oxygens (including phenoxy) is 1. The lowest BCUT2D eigenvalue weighted by atomic mass is 10.1. The lowest BCUT2D eigenvalue weighted by Crippen LogP contribution is -2.26. The maximum absolute atomic E-state index is 11.5. The molecular formula is C14H17NO3S. The van der Waals surface area contributed by atoms with Crippen molar-refractivity contribution in [3.05, 3.63) is 46.5 Å². The van der Waals surface area contributed by atoms with Crippen molar-refractivity contribution in [2.75, 3.05) is 7.11 Å². The van der Waals surface area contributed by atoms with Gasteiger partial charge >= 0.3 is 5.97 Å². The minimum Gasteiger partial charge on any atom is -0.472 e. The third-order valence-electron chi connectivity index (χ3n) is 2.98. The van der Waals surface area contributed by atoms with Gasteiger partial charge in [0.15, 0.2) is 0 Å². The molecule has 5 heteroatoms. The van der Waals surface area contributed by atoms with Crippen LogP contribution in [0, 0.1) is 0 Å². The summed E-state index contributed by atoms with van der Waals surface area (Å²) in [7, 11) is 1.41. The van der Waals surface area contributed by atoms with Crippen molar-refractivity contribution in [3.8, 4) is 0 Å². The van der Waals surface area contributed by atoms with Crippen molar-refractivity contribution in [3.63, 3.8) is 0 Å². The molecule has 2 heterocycles. The first kappa shape index (κ1) is 13.8. The Hall–Kier alpha value is -1.59. The zero-order chi connectivity index (χ0) is 13.7. The number of carbonyl (C=O) groups excluding carboxylic acids is 1. The summed E-state index contributed by atoms with van der Waals surface area (Å²) in [5.41, 5.74) is 1.06. The number of hydrogen-bond acceptors (Lipinski definition) is 5. The average Bonchev–Trinajstić information content (AvgIpc) is 3.10. The molecule has 0 saturated heterocycles. The van der Waals surface area contributed by atoms with Gasteiger partial charge in [-0.2, -0.15) is 0 Å². The summed E-state index contributed by atoms with van der Waals surface area (Å²) in [6, 6.07) is 5.98. The van der Waals surface area contributed by atoms with Crippen LogP contribution in [0.1, 0.15) is 35.9 Å². The van der Waals surface area contributed by atoms with Crippen molar-refractivity contribution in [2.24, 2.45) is 0 Å². The van der Waals surface area contributed by atoms with Gasteiger partial charge in [-0.15, -0.1) is 11.3 Å². The van der Waals surface area contributed by atoms with Crippen LogP contribution >= 0.6 is 11.3 Å². The van der Waals surface area contributed by atoms with Crippen LogP contribution in [0.4, 0.5) is 0 Å². The first-order valence-corrected chi connectivity index (χ1v) is 6.97. The Kier molecular flexibility index (Phi) is 4.76. The van der Waals surface area contributed by atoms with Gasteiger partial charge in [-0.3, -0.25) is 4.79 Å². The van der Waals surface area contributed by atoms with Gasteiger partial charge in [0.25, 0.3) is 0 Å². The summed E-state index contributed by atoms with van der Waals surface area (Å²) in [5.74, 6) is -0.217. The lowest BCUT2D eigenvalue weighted by molar-refractivity contribution is -0.141. The van der Waals surface area contributed by atoms with E-state index in [9.17, 15) is 4.79 Å². The van der Waals surface area contributed by atoms with Crippen LogP contribution in [0.3, 0.4) is 0 Å². The molecule has 19 heavy (non-hydrogen) atoms. The first-order valence-electron chi connectivity index (χ1n) is 6.09. The highest BCUT2D eigenvalue weighted by atomic mass is 32.1. The predicted octanol–water partition coefficient (Wildman–Crippen LogP) is 3.30. The van der Waals surface area contributed by atoms with Gasteiger partial charge in [0.2, 0.25) is 0 Å². The molecule has 0 aliphatic rings. The number of hydrogen-bond donors (Lipinski definition) is 1. The molecule has 2 atom stereocenters. The second-order valence-electron chi connectivity index (χ2n) is 4.29. The number of carbonyl (C=O) groups is 1. The van der Waals surface area contributed by atoms with Crippen LogP contribution in [0.2, 0.25) is 0 Å². The number of methoxy groups -OCH3 is 1. The zero-order valence-corrected chi connectivity index (χ0v) is 11.8. The van der Waals surface area contributed by atoms with Crippen molar-refractivity contribution in [2.45, 2.75) is 25.4 Å². The van der Waals surface area contributed by atoms with E-state index in [0.717, 1.165) is 10.4 Å². The fraction of sp³-hybridized carbons (Fsp3) is 0.357. The second kappa shape index (κ2) is 6.54. The maximum Gasteiger partial charge on any atom is 0.307 e. The quantitative estimate of drug-likeness (QED) is 0.824. The molecule has 0 aliphatic heterocycles. The van der Waals surface area contributed by atoms with E-state index >= 15 is 0 Å². The highest BCUT2D eigenvalue weighted by Gasteiger charge is 2.20. The fourth-order valence-corrected chi connectivity index (χ4v) is 2.69. The molecule has 0 saturated carbocycles. The average molecular weight is 279 g/mol. The van der Waals surface area contributed by atoms with E-state index in [4.69, 9.17) is 9.15 Å². The lowest BCUT2D eigenvalue weighted by Gasteiger charge is -2.21. The van der Waals surface area contributed by atoms with Gasteiger partial charge < -0.3 is 14.5 Å². The van der Waals surface area contributed by atoms with Gasteiger partial charge in [0.05, 0.1) is 32.1 Å². The minimum absolute atomic E-state index is 0.0441. The molecule has 2 unspecified atom stereocenters. The summed E-state index contributed by atoms with van der Waals surface area (Å²) < 4.78 is 9.84. The summed E-state index contributed by atoms with van der Waals surface area (Å²) >= 11 is 1.63. The maximum atomic E-state index is 11.5. The number of nitrogens with one attached hydrogen (secondary N) is 1. The molecule has 2 rings (SSSR count). The van der Waals surface area contributed by atoms with Crippen molar-refractivity contribution in [1.29, 1.82) is 0 Å². The molecule has 0 fully saturated rings. The van der Waals surface area contributed by atoms with Crippen molar-refractivity contribution < 1.29 is 13.9 Å². The highest BCUT2D eigenvalue weighted by molar-refractivity contribution is 7.10. The number of thiophene rings is 1. The Labute approximate surface area is 116 Å². The number of furan rings is 1. The van der Waals surface area contributed by atoms with Crippen LogP contribution in [-0.2, 0) is 9.53 Å². The van der Waals surface area contributed by atoms with E-state index in [1.165, 1.54) is 7.11 Å². The molecule has 0 aromatic carbocycles. The van der Waals surface area contributed by atoms with Gasteiger partial charge in [-0.1, -0.05) is 6.07 Å². The van der Waals surface area contributed by atoms with E-state index in [2.05, 4.69) is 5.32 Å². The topological polar surface area (TPSA) is 51.5 Å². The number of rotatable bonds is 6. The second-order valence-corrected chi connectivity index (χ2v) is 5.27. The molecule has 4 nitrogen and oxygen atoms in total. The zero-order valence-electron chi connectivity index (χ0n) is 11.0. The number of esters is 1. The van der Waals surface area contributed by atoms with E-state index in [1.54, 1.807) is 23.9 Å². The fourth-order valence-electron chi connectivity index (χ4n) is 1.90. The monoisotopic (exact) mass is 279 g/mol. The van der Waals surface area contributed by atoms with Crippen LogP contribution in [0.15, 0.2) is 40.5 Å². The molecule has 0 radical (unpaired) electrons. The summed E-state index contributed by atoms with van der Waals surface area (Å²) in [5, 5.41) is 5.44. The van der Waals surface area contributed by atoms with Crippen molar-refractivity contribution >= 4 is 17.3 Å². The molecule has 2 aromatic rings. The normalized spacial score (nSPS) is 14.0. The molecule has 2 aromatic heterocycles. The van der Waals surface area contributed by atoms with Gasteiger partial charge in [0.1, 0.15) is 0 Å². The van der Waals surface area contributed by atoms with Crippen LogP contribution in [0.5, 0.6) is 0 Å². The smallest absolute Gasteiger partial charge is 0.307 e. The van der Waals surface area contributed by atoms with Gasteiger partial charge in [-0.05, 0) is 24.4 Å². The Bertz CT molecular complexity index is 493. The highest BCUT2D eigenvalue weighted by Crippen LogP contribution is 2.26. The molecule has 0 spiro atoms. The Balaban J connectivity index is 2.07. The van der Waals surface area contributed by atoms with Gasteiger partial charge in [-0.25, -0.2) is 0 Å². The Morgan fingerprint density at radius 3 is 2.95 bits per heavy atom. The van der Waals surface area contributed by atoms with E-state index < -0.39 is 0 Å². The van der Waals surface area contributed by atoms with E-state index in [0.29, 0.717) is 6.42 Å². The molecule has 0 amide bonds. The van der Waals surface area contributed by atoms with Gasteiger partial charge in [0, 0.05) is 16.5 Å². The SMILES string of the molecule is COC(=O)CC(NC(C)c1ccoc1)c1cccs1. The summed E-state index contributed by atoms with van der Waals surface area (Å²) in [4.78, 5) is 12.6. The summed E-state index contributed by atoms with van der Waals surface area (Å²) in [6.07, 6.45) is 3.68. The predicted molar refractivity (Wildman–Crippen MR) is 74.0 cm³/mol. The molecule has 0 aliphatic carbocycles. The third kappa shape index (κ3) is 3.68. The standard InChI is InChI=1S/C14H17NO3S/c1-10(11-5-6-18-9-11)15-12(8-14(16)17-2)13-4-3-7-19-13/h3-7,9-10,12,15H,8H2,1-2H3. The Morgan fingerprint density at radius 1 is 1.53 bits per heavy atom. The Morgan fingerprint density at radius 2 is 2.37 bits per heavy atom. The van der Waals surface area contributed by atoms with Crippen LogP contribution < -0.4 is 5.32 Å². The molecule has 102 valence electrons. The first-order chi connectivity index (χ1) is 9.20. The van der Waals surface area contributed by atoms with Crippen LogP contribution in [-0.4, -0.2) is 13.1 Å². The minimum atomic E-state index is -0.217. The largest absolute Gasteiger partial charge is 0.472 e. The molecule has 1 N–H and O–H groups in total.